The second-order valence-electron chi connectivity index (χ2n) is 7.29. The quantitative estimate of drug-likeness (QED) is 0.461. The van der Waals surface area contributed by atoms with Crippen LogP contribution < -0.4 is 20.7 Å². The van der Waals surface area contributed by atoms with Gasteiger partial charge in [0.1, 0.15) is 17.6 Å². The first-order valence-corrected chi connectivity index (χ1v) is 10.3. The maximum Gasteiger partial charge on any atom is 0.255 e. The monoisotopic (exact) mass is 435 g/mol. The van der Waals surface area contributed by atoms with Gasteiger partial charge in [-0.2, -0.15) is 0 Å². The van der Waals surface area contributed by atoms with Crippen molar-refractivity contribution in [2.75, 3.05) is 23.1 Å². The van der Waals surface area contributed by atoms with Crippen LogP contribution in [0, 0.1) is 5.82 Å². The maximum atomic E-state index is 13.4. The van der Waals surface area contributed by atoms with E-state index in [1.165, 1.54) is 30.9 Å². The van der Waals surface area contributed by atoms with Crippen LogP contribution in [0.4, 0.5) is 21.5 Å². The van der Waals surface area contributed by atoms with E-state index in [-0.39, 0.29) is 11.5 Å². The number of carbonyl (C=O) groups excluding carboxylic acids is 2. The fourth-order valence-corrected chi connectivity index (χ4v) is 3.11. The first-order valence-electron chi connectivity index (χ1n) is 10.3. The van der Waals surface area contributed by atoms with Crippen molar-refractivity contribution >= 4 is 28.9 Å². The Kier molecular flexibility index (Phi) is 7.44. The van der Waals surface area contributed by atoms with Gasteiger partial charge in [-0.1, -0.05) is 25.1 Å². The van der Waals surface area contributed by atoms with Gasteiger partial charge in [0.05, 0.1) is 12.8 Å². The standard InChI is InChI=1S/C25H26FN3O3/c1-4-17-8-10-20(11-9-17)28-24(30)16(2)27-21-12-13-23(32-3)22(15-21)29-25(31)18-6-5-7-19(26)14-18/h5-16,27H,4H2,1-3H3,(H,28,30)(H,29,31). The summed E-state index contributed by atoms with van der Waals surface area (Å²) in [5.74, 6) is -0.727. The second kappa shape index (κ2) is 10.4. The van der Waals surface area contributed by atoms with E-state index < -0.39 is 17.8 Å². The van der Waals surface area contributed by atoms with Crippen LogP contribution in [0.2, 0.25) is 0 Å². The van der Waals surface area contributed by atoms with Crippen LogP contribution in [-0.2, 0) is 11.2 Å². The molecule has 0 fully saturated rings. The molecular weight excluding hydrogens is 409 g/mol. The molecule has 6 nitrogen and oxygen atoms in total. The van der Waals surface area contributed by atoms with Crippen LogP contribution in [0.15, 0.2) is 66.7 Å². The van der Waals surface area contributed by atoms with Crippen molar-refractivity contribution in [2.24, 2.45) is 0 Å². The fraction of sp³-hybridized carbons (Fsp3) is 0.200. The van der Waals surface area contributed by atoms with Gasteiger partial charge in [-0.25, -0.2) is 4.39 Å². The molecule has 3 aromatic rings. The molecular formula is C25H26FN3O3. The Morgan fingerprint density at radius 3 is 2.34 bits per heavy atom. The molecule has 1 atom stereocenters. The minimum Gasteiger partial charge on any atom is -0.495 e. The van der Waals surface area contributed by atoms with Crippen molar-refractivity contribution in [1.29, 1.82) is 0 Å². The van der Waals surface area contributed by atoms with Gasteiger partial charge >= 0.3 is 0 Å². The minimum absolute atomic E-state index is 0.187. The third kappa shape index (κ3) is 5.85. The number of aryl methyl sites for hydroxylation is 1. The molecule has 1 unspecified atom stereocenters. The Balaban J connectivity index is 1.69. The molecule has 0 saturated heterocycles. The summed E-state index contributed by atoms with van der Waals surface area (Å²) < 4.78 is 18.8. The highest BCUT2D eigenvalue weighted by Gasteiger charge is 2.15. The smallest absolute Gasteiger partial charge is 0.255 e. The van der Waals surface area contributed by atoms with Crippen molar-refractivity contribution in [2.45, 2.75) is 26.3 Å². The summed E-state index contributed by atoms with van der Waals surface area (Å²) in [5, 5.41) is 8.72. The average molecular weight is 435 g/mol. The summed E-state index contributed by atoms with van der Waals surface area (Å²) in [7, 11) is 1.49. The Morgan fingerprint density at radius 1 is 0.969 bits per heavy atom. The van der Waals surface area contributed by atoms with Crippen molar-refractivity contribution in [3.63, 3.8) is 0 Å². The van der Waals surface area contributed by atoms with E-state index in [0.717, 1.165) is 18.2 Å². The maximum absolute atomic E-state index is 13.4. The summed E-state index contributed by atoms with van der Waals surface area (Å²) in [4.78, 5) is 25.1. The molecule has 0 aliphatic rings. The summed E-state index contributed by atoms with van der Waals surface area (Å²) >= 11 is 0. The molecule has 2 amide bonds. The predicted molar refractivity (Wildman–Crippen MR) is 125 cm³/mol. The van der Waals surface area contributed by atoms with E-state index in [4.69, 9.17) is 4.74 Å². The van der Waals surface area contributed by atoms with E-state index in [2.05, 4.69) is 22.9 Å². The first kappa shape index (κ1) is 22.8. The first-order chi connectivity index (χ1) is 15.4. The van der Waals surface area contributed by atoms with Crippen molar-refractivity contribution < 1.29 is 18.7 Å². The lowest BCUT2D eigenvalue weighted by molar-refractivity contribution is -0.116. The summed E-state index contributed by atoms with van der Waals surface area (Å²) in [6.07, 6.45) is 0.932. The fourth-order valence-electron chi connectivity index (χ4n) is 3.11. The highest BCUT2D eigenvalue weighted by atomic mass is 19.1. The molecule has 0 radical (unpaired) electrons. The summed E-state index contributed by atoms with van der Waals surface area (Å²) in [6, 6.07) is 17.7. The number of halogens is 1. The van der Waals surface area contributed by atoms with E-state index in [1.54, 1.807) is 25.1 Å². The normalized spacial score (nSPS) is 11.4. The van der Waals surface area contributed by atoms with E-state index >= 15 is 0 Å². The number of hydrogen-bond donors (Lipinski definition) is 3. The second-order valence-corrected chi connectivity index (χ2v) is 7.29. The van der Waals surface area contributed by atoms with Crippen LogP contribution in [-0.4, -0.2) is 25.0 Å². The van der Waals surface area contributed by atoms with E-state index in [0.29, 0.717) is 17.1 Å². The third-order valence-corrected chi connectivity index (χ3v) is 4.94. The molecule has 166 valence electrons. The number of amides is 2. The number of ether oxygens (including phenoxy) is 1. The van der Waals surface area contributed by atoms with Crippen molar-refractivity contribution in [1.82, 2.24) is 0 Å². The highest BCUT2D eigenvalue weighted by Crippen LogP contribution is 2.29. The zero-order chi connectivity index (χ0) is 23.1. The van der Waals surface area contributed by atoms with Gasteiger partial charge in [-0.3, -0.25) is 9.59 Å². The Hall–Kier alpha value is -3.87. The Morgan fingerprint density at radius 2 is 1.69 bits per heavy atom. The number of benzene rings is 3. The average Bonchev–Trinajstić information content (AvgIpc) is 2.79. The highest BCUT2D eigenvalue weighted by molar-refractivity contribution is 6.05. The van der Waals surface area contributed by atoms with Gasteiger partial charge in [0.15, 0.2) is 0 Å². The zero-order valence-electron chi connectivity index (χ0n) is 18.2. The van der Waals surface area contributed by atoms with E-state index in [9.17, 15) is 14.0 Å². The van der Waals surface area contributed by atoms with Crippen LogP contribution in [0.25, 0.3) is 0 Å². The SMILES string of the molecule is CCc1ccc(NC(=O)C(C)Nc2ccc(OC)c(NC(=O)c3cccc(F)c3)c2)cc1. The van der Waals surface area contributed by atoms with Gasteiger partial charge in [-0.05, 0) is 67.4 Å². The number of carbonyl (C=O) groups is 2. The molecule has 3 aromatic carbocycles. The van der Waals surface area contributed by atoms with Gasteiger partial charge in [0.2, 0.25) is 5.91 Å². The molecule has 3 N–H and O–H groups in total. The van der Waals surface area contributed by atoms with Crippen LogP contribution >= 0.6 is 0 Å². The molecule has 0 spiro atoms. The predicted octanol–water partition coefficient (Wildman–Crippen LogP) is 5.09. The molecule has 0 saturated carbocycles. The van der Waals surface area contributed by atoms with Gasteiger partial charge in [0.25, 0.3) is 5.91 Å². The Labute approximate surface area is 186 Å². The zero-order valence-corrected chi connectivity index (χ0v) is 18.2. The molecule has 32 heavy (non-hydrogen) atoms. The molecule has 0 aliphatic carbocycles. The topological polar surface area (TPSA) is 79.5 Å². The minimum atomic E-state index is -0.541. The summed E-state index contributed by atoms with van der Waals surface area (Å²) in [5.41, 5.74) is 3.12. The van der Waals surface area contributed by atoms with Crippen LogP contribution in [0.5, 0.6) is 5.75 Å². The molecule has 7 heteroatoms. The largest absolute Gasteiger partial charge is 0.495 e. The van der Waals surface area contributed by atoms with Gasteiger partial charge in [0, 0.05) is 16.9 Å². The number of nitrogens with one attached hydrogen (secondary N) is 3. The third-order valence-electron chi connectivity index (χ3n) is 4.94. The van der Waals surface area contributed by atoms with Crippen molar-refractivity contribution in [3.05, 3.63) is 83.7 Å². The van der Waals surface area contributed by atoms with Crippen molar-refractivity contribution in [3.8, 4) is 5.75 Å². The summed E-state index contributed by atoms with van der Waals surface area (Å²) in [6.45, 7) is 3.81. The van der Waals surface area contributed by atoms with E-state index in [1.807, 2.05) is 24.3 Å². The number of methoxy groups -OCH3 is 1. The lowest BCUT2D eigenvalue weighted by atomic mass is 10.1. The lowest BCUT2D eigenvalue weighted by Gasteiger charge is -2.17. The molecule has 0 aromatic heterocycles. The molecule has 3 rings (SSSR count). The molecule has 0 aliphatic heterocycles. The van der Waals surface area contributed by atoms with Gasteiger partial charge < -0.3 is 20.7 Å². The molecule has 0 heterocycles. The Bertz CT molecular complexity index is 1100. The number of rotatable bonds is 8. The molecule has 0 bridgehead atoms. The van der Waals surface area contributed by atoms with Crippen LogP contribution in [0.1, 0.15) is 29.8 Å². The van der Waals surface area contributed by atoms with Crippen LogP contribution in [0.3, 0.4) is 0 Å². The number of hydrogen-bond acceptors (Lipinski definition) is 4. The number of anilines is 3. The lowest BCUT2D eigenvalue weighted by Crippen LogP contribution is -2.31. The van der Waals surface area contributed by atoms with Gasteiger partial charge in [-0.15, -0.1) is 0 Å².